The minimum atomic E-state index is -1.16. The van der Waals surface area contributed by atoms with Gasteiger partial charge in [0.25, 0.3) is 0 Å². The highest BCUT2D eigenvalue weighted by molar-refractivity contribution is 5.20. The number of benzene rings is 1. The van der Waals surface area contributed by atoms with E-state index in [0.717, 1.165) is 6.07 Å². The van der Waals surface area contributed by atoms with Crippen LogP contribution in [0.1, 0.15) is 25.8 Å². The normalized spacial score (nSPS) is 9.47. The van der Waals surface area contributed by atoms with Crippen LogP contribution in [0, 0.1) is 17.5 Å². The molecule has 0 heterocycles. The molecular formula is C11H16F3N. The van der Waals surface area contributed by atoms with Crippen LogP contribution >= 0.6 is 0 Å². The zero-order valence-electron chi connectivity index (χ0n) is 8.99. The molecule has 0 saturated heterocycles. The van der Waals surface area contributed by atoms with Crippen molar-refractivity contribution in [3.63, 3.8) is 0 Å². The highest BCUT2D eigenvalue weighted by atomic mass is 19.2. The molecule has 0 amide bonds. The Morgan fingerprint density at radius 1 is 1.00 bits per heavy atom. The average Bonchev–Trinajstić information content (AvgIpc) is 2.24. The summed E-state index contributed by atoms with van der Waals surface area (Å²) in [5, 5.41) is 0. The molecule has 0 radical (unpaired) electrons. The van der Waals surface area contributed by atoms with Crippen molar-refractivity contribution >= 4 is 0 Å². The minimum Gasteiger partial charge on any atom is -0.330 e. The zero-order chi connectivity index (χ0) is 11.8. The van der Waals surface area contributed by atoms with Crippen LogP contribution in [0.2, 0.25) is 0 Å². The number of hydrogen-bond acceptors (Lipinski definition) is 1. The van der Waals surface area contributed by atoms with E-state index in [1.54, 1.807) is 0 Å². The van der Waals surface area contributed by atoms with E-state index in [0.29, 0.717) is 25.5 Å². The van der Waals surface area contributed by atoms with Crippen molar-refractivity contribution in [2.45, 2.75) is 26.7 Å². The molecule has 2 N–H and O–H groups in total. The van der Waals surface area contributed by atoms with Crippen LogP contribution in [-0.4, -0.2) is 6.54 Å². The average molecular weight is 219 g/mol. The Hall–Kier alpha value is -1.03. The van der Waals surface area contributed by atoms with Crippen LogP contribution in [0.5, 0.6) is 0 Å². The third-order valence-corrected chi connectivity index (χ3v) is 1.74. The van der Waals surface area contributed by atoms with E-state index in [2.05, 4.69) is 0 Å². The summed E-state index contributed by atoms with van der Waals surface area (Å²) in [6.45, 7) is 4.40. The molecule has 0 bridgehead atoms. The van der Waals surface area contributed by atoms with Crippen molar-refractivity contribution in [2.24, 2.45) is 5.73 Å². The highest BCUT2D eigenvalue weighted by Gasteiger charge is 2.08. The summed E-state index contributed by atoms with van der Waals surface area (Å²) in [5.74, 6) is -2.89. The molecule has 0 unspecified atom stereocenters. The molecule has 0 aliphatic carbocycles. The van der Waals surface area contributed by atoms with Crippen molar-refractivity contribution in [3.8, 4) is 0 Å². The fourth-order valence-electron chi connectivity index (χ4n) is 1.05. The van der Waals surface area contributed by atoms with Gasteiger partial charge >= 0.3 is 0 Å². The Balaban J connectivity index is 0.000000921. The molecule has 0 atom stereocenters. The van der Waals surface area contributed by atoms with Gasteiger partial charge in [-0.2, -0.15) is 0 Å². The van der Waals surface area contributed by atoms with Crippen LogP contribution in [0.3, 0.4) is 0 Å². The van der Waals surface area contributed by atoms with Gasteiger partial charge in [0.2, 0.25) is 0 Å². The van der Waals surface area contributed by atoms with E-state index >= 15 is 0 Å². The number of aryl methyl sites for hydroxylation is 1. The van der Waals surface area contributed by atoms with E-state index in [-0.39, 0.29) is 5.56 Å². The fourth-order valence-corrected chi connectivity index (χ4v) is 1.05. The van der Waals surface area contributed by atoms with Gasteiger partial charge in [0, 0.05) is 6.07 Å². The van der Waals surface area contributed by atoms with Gasteiger partial charge in [-0.05, 0) is 31.0 Å². The molecular weight excluding hydrogens is 203 g/mol. The summed E-state index contributed by atoms with van der Waals surface area (Å²) in [7, 11) is 0. The Morgan fingerprint density at radius 2 is 1.53 bits per heavy atom. The van der Waals surface area contributed by atoms with Gasteiger partial charge in [0.05, 0.1) is 0 Å². The quantitative estimate of drug-likeness (QED) is 0.777. The van der Waals surface area contributed by atoms with E-state index in [1.165, 1.54) is 0 Å². The second-order valence-electron chi connectivity index (χ2n) is 2.75. The smallest absolute Gasteiger partial charge is 0.161 e. The van der Waals surface area contributed by atoms with E-state index in [1.807, 2.05) is 13.8 Å². The fraction of sp³-hybridized carbons (Fsp3) is 0.455. The predicted octanol–water partition coefficient (Wildman–Crippen LogP) is 3.02. The molecule has 1 nitrogen and oxygen atoms in total. The molecule has 86 valence electrons. The molecule has 4 heteroatoms. The second kappa shape index (κ2) is 7.29. The first-order chi connectivity index (χ1) is 7.15. The molecule has 0 aliphatic rings. The van der Waals surface area contributed by atoms with Gasteiger partial charge < -0.3 is 5.73 Å². The SMILES string of the molecule is CC.NCCCc1cc(F)c(F)cc1F. The highest BCUT2D eigenvalue weighted by Crippen LogP contribution is 2.14. The summed E-state index contributed by atoms with van der Waals surface area (Å²) in [6, 6.07) is 1.43. The van der Waals surface area contributed by atoms with Gasteiger partial charge in [-0.15, -0.1) is 0 Å². The molecule has 15 heavy (non-hydrogen) atoms. The maximum absolute atomic E-state index is 12.9. The molecule has 0 aromatic heterocycles. The van der Waals surface area contributed by atoms with Crippen molar-refractivity contribution in [2.75, 3.05) is 6.54 Å². The molecule has 0 saturated carbocycles. The van der Waals surface area contributed by atoms with E-state index in [9.17, 15) is 13.2 Å². The van der Waals surface area contributed by atoms with Crippen molar-refractivity contribution in [1.82, 2.24) is 0 Å². The Morgan fingerprint density at radius 3 is 2.07 bits per heavy atom. The summed E-state index contributed by atoms with van der Waals surface area (Å²) >= 11 is 0. The van der Waals surface area contributed by atoms with Crippen molar-refractivity contribution in [3.05, 3.63) is 35.1 Å². The molecule has 1 aromatic carbocycles. The Labute approximate surface area is 88.1 Å². The topological polar surface area (TPSA) is 26.0 Å². The van der Waals surface area contributed by atoms with Crippen LogP contribution in [0.15, 0.2) is 12.1 Å². The van der Waals surface area contributed by atoms with Gasteiger partial charge in [0.1, 0.15) is 5.82 Å². The lowest BCUT2D eigenvalue weighted by molar-refractivity contribution is 0.489. The zero-order valence-corrected chi connectivity index (χ0v) is 8.99. The molecule has 0 spiro atoms. The number of halogens is 3. The first-order valence-corrected chi connectivity index (χ1v) is 4.98. The second-order valence-corrected chi connectivity index (χ2v) is 2.75. The number of hydrogen-bond donors (Lipinski definition) is 1. The monoisotopic (exact) mass is 219 g/mol. The third-order valence-electron chi connectivity index (χ3n) is 1.74. The molecule has 0 aliphatic heterocycles. The van der Waals surface area contributed by atoms with Crippen LogP contribution in [0.25, 0.3) is 0 Å². The Bertz CT molecular complexity index is 300. The maximum Gasteiger partial charge on any atom is 0.161 e. The molecule has 1 rings (SSSR count). The standard InChI is InChI=1S/C9H10F3N.C2H6/c10-7-5-9(12)8(11)4-6(7)2-1-3-13;1-2/h4-5H,1-3,13H2;1-2H3. The van der Waals surface area contributed by atoms with Crippen molar-refractivity contribution < 1.29 is 13.2 Å². The first kappa shape index (κ1) is 14.0. The van der Waals surface area contributed by atoms with Crippen LogP contribution in [0.4, 0.5) is 13.2 Å². The maximum atomic E-state index is 12.9. The summed E-state index contributed by atoms with van der Waals surface area (Å²) in [4.78, 5) is 0. The third kappa shape index (κ3) is 4.34. The predicted molar refractivity (Wildman–Crippen MR) is 55.0 cm³/mol. The first-order valence-electron chi connectivity index (χ1n) is 4.98. The van der Waals surface area contributed by atoms with Crippen molar-refractivity contribution in [1.29, 1.82) is 0 Å². The lowest BCUT2D eigenvalue weighted by Crippen LogP contribution is -2.02. The largest absolute Gasteiger partial charge is 0.330 e. The van der Waals surface area contributed by atoms with Gasteiger partial charge in [0.15, 0.2) is 11.6 Å². The van der Waals surface area contributed by atoms with E-state index in [4.69, 9.17) is 5.73 Å². The summed E-state index contributed by atoms with van der Waals surface area (Å²) in [5.41, 5.74) is 5.37. The lowest BCUT2D eigenvalue weighted by atomic mass is 10.1. The molecule has 0 fully saturated rings. The number of rotatable bonds is 3. The van der Waals surface area contributed by atoms with Gasteiger partial charge in [-0.25, -0.2) is 13.2 Å². The number of nitrogens with two attached hydrogens (primary N) is 1. The lowest BCUT2D eigenvalue weighted by Gasteiger charge is -2.02. The molecule has 1 aromatic rings. The van der Waals surface area contributed by atoms with Crippen LogP contribution in [-0.2, 0) is 6.42 Å². The van der Waals surface area contributed by atoms with Gasteiger partial charge in [-0.3, -0.25) is 0 Å². The Kier molecular flexibility index (Phi) is 6.79. The summed E-state index contributed by atoms with van der Waals surface area (Å²) in [6.07, 6.45) is 0.890. The van der Waals surface area contributed by atoms with E-state index < -0.39 is 17.5 Å². The van der Waals surface area contributed by atoms with Crippen LogP contribution < -0.4 is 5.73 Å². The van der Waals surface area contributed by atoms with Gasteiger partial charge in [-0.1, -0.05) is 13.8 Å². The minimum absolute atomic E-state index is 0.171. The summed E-state index contributed by atoms with van der Waals surface area (Å²) < 4.78 is 38.0.